The molecule has 26 heavy (non-hydrogen) atoms. The van der Waals surface area contributed by atoms with E-state index in [1.54, 1.807) is 0 Å². The van der Waals surface area contributed by atoms with Gasteiger partial charge in [0, 0.05) is 17.9 Å². The Morgan fingerprint density at radius 3 is 2.58 bits per heavy atom. The Bertz CT molecular complexity index is 767. The maximum Gasteiger partial charge on any atom is 0.321 e. The predicted molar refractivity (Wildman–Crippen MR) is 99.6 cm³/mol. The number of fused-ring (bicyclic) bond motifs is 1. The lowest BCUT2D eigenvalue weighted by atomic mass is 10.2. The standard InChI is InChI=1S/C19H20N2O4S/c22-18(21-19(23)20-12-14-5-2-1-3-6-14)13-26-15-7-8-16-17(11-15)25-10-4-9-24-16/h1-3,5-8,11H,4,9-10,12-13H2,(H2,20,21,22,23). The zero-order valence-electron chi connectivity index (χ0n) is 14.2. The molecule has 0 aromatic heterocycles. The fraction of sp³-hybridized carbons (Fsp3) is 0.263. The Morgan fingerprint density at radius 1 is 1.00 bits per heavy atom. The van der Waals surface area contributed by atoms with Crippen molar-refractivity contribution in [2.45, 2.75) is 17.9 Å². The Labute approximate surface area is 156 Å². The number of amides is 3. The number of nitrogens with one attached hydrogen (secondary N) is 2. The van der Waals surface area contributed by atoms with Crippen molar-refractivity contribution in [3.8, 4) is 11.5 Å². The number of carbonyl (C=O) groups is 2. The average Bonchev–Trinajstić information content (AvgIpc) is 2.90. The number of ether oxygens (including phenoxy) is 2. The smallest absolute Gasteiger partial charge is 0.321 e. The first-order valence-corrected chi connectivity index (χ1v) is 9.33. The van der Waals surface area contributed by atoms with E-state index in [9.17, 15) is 9.59 Å². The van der Waals surface area contributed by atoms with E-state index in [0.29, 0.717) is 25.5 Å². The second kappa shape index (κ2) is 9.15. The van der Waals surface area contributed by atoms with Crippen LogP contribution in [0.15, 0.2) is 53.4 Å². The van der Waals surface area contributed by atoms with Crippen LogP contribution in [0.1, 0.15) is 12.0 Å². The molecular weight excluding hydrogens is 352 g/mol. The Kier molecular flexibility index (Phi) is 6.38. The molecule has 0 radical (unpaired) electrons. The summed E-state index contributed by atoms with van der Waals surface area (Å²) in [6.45, 7) is 1.62. The van der Waals surface area contributed by atoms with Gasteiger partial charge in [0.2, 0.25) is 5.91 Å². The summed E-state index contributed by atoms with van der Waals surface area (Å²) < 4.78 is 11.2. The van der Waals surface area contributed by atoms with Crippen molar-refractivity contribution in [1.29, 1.82) is 0 Å². The first-order chi connectivity index (χ1) is 12.7. The lowest BCUT2D eigenvalue weighted by Gasteiger charge is -2.09. The van der Waals surface area contributed by atoms with E-state index in [1.807, 2.05) is 48.5 Å². The fourth-order valence-electron chi connectivity index (χ4n) is 2.37. The van der Waals surface area contributed by atoms with Crippen LogP contribution < -0.4 is 20.1 Å². The van der Waals surface area contributed by atoms with Gasteiger partial charge in [0.25, 0.3) is 0 Å². The van der Waals surface area contributed by atoms with Gasteiger partial charge in [-0.3, -0.25) is 10.1 Å². The summed E-state index contributed by atoms with van der Waals surface area (Å²) in [6, 6.07) is 14.6. The Hall–Kier alpha value is -2.67. The molecule has 2 aromatic rings. The molecule has 0 saturated heterocycles. The number of rotatable bonds is 5. The van der Waals surface area contributed by atoms with Crippen LogP contribution in [0, 0.1) is 0 Å². The predicted octanol–water partition coefficient (Wildman–Crippen LogP) is 2.97. The quantitative estimate of drug-likeness (QED) is 0.789. The van der Waals surface area contributed by atoms with E-state index in [0.717, 1.165) is 22.6 Å². The third-order valence-electron chi connectivity index (χ3n) is 3.64. The third-order valence-corrected chi connectivity index (χ3v) is 4.63. The highest BCUT2D eigenvalue weighted by Crippen LogP contribution is 2.33. The molecule has 0 aliphatic carbocycles. The monoisotopic (exact) mass is 372 g/mol. The van der Waals surface area contributed by atoms with E-state index in [1.165, 1.54) is 11.8 Å². The van der Waals surface area contributed by atoms with Crippen molar-refractivity contribution in [2.24, 2.45) is 0 Å². The van der Waals surface area contributed by atoms with E-state index >= 15 is 0 Å². The van der Waals surface area contributed by atoms with Gasteiger partial charge >= 0.3 is 6.03 Å². The number of hydrogen-bond donors (Lipinski definition) is 2. The molecule has 0 unspecified atom stereocenters. The summed E-state index contributed by atoms with van der Waals surface area (Å²) >= 11 is 1.34. The summed E-state index contributed by atoms with van der Waals surface area (Å²) in [5.74, 6) is 1.19. The zero-order chi connectivity index (χ0) is 18.2. The van der Waals surface area contributed by atoms with Gasteiger partial charge in [-0.2, -0.15) is 0 Å². The molecule has 1 heterocycles. The summed E-state index contributed by atoms with van der Waals surface area (Å²) in [5.41, 5.74) is 0.969. The molecule has 0 atom stereocenters. The summed E-state index contributed by atoms with van der Waals surface area (Å²) in [4.78, 5) is 24.6. The van der Waals surface area contributed by atoms with Gasteiger partial charge in [-0.25, -0.2) is 4.79 Å². The van der Waals surface area contributed by atoms with Crippen molar-refractivity contribution < 1.29 is 19.1 Å². The molecule has 0 spiro atoms. The Balaban J connectivity index is 1.43. The van der Waals surface area contributed by atoms with Crippen LogP contribution in [0.2, 0.25) is 0 Å². The summed E-state index contributed by atoms with van der Waals surface area (Å²) in [5, 5.41) is 4.99. The lowest BCUT2D eigenvalue weighted by molar-refractivity contribution is -0.117. The van der Waals surface area contributed by atoms with Gasteiger partial charge in [0.1, 0.15) is 0 Å². The van der Waals surface area contributed by atoms with Crippen LogP contribution in [0.4, 0.5) is 4.79 Å². The molecule has 2 aromatic carbocycles. The van der Waals surface area contributed by atoms with Crippen LogP contribution >= 0.6 is 11.8 Å². The molecule has 3 amide bonds. The van der Waals surface area contributed by atoms with Gasteiger partial charge in [0.05, 0.1) is 19.0 Å². The molecule has 0 saturated carbocycles. The van der Waals surface area contributed by atoms with Gasteiger partial charge in [-0.05, 0) is 23.8 Å². The Morgan fingerprint density at radius 2 is 1.77 bits per heavy atom. The first-order valence-electron chi connectivity index (χ1n) is 8.35. The second-order valence-electron chi connectivity index (χ2n) is 5.66. The molecule has 2 N–H and O–H groups in total. The zero-order valence-corrected chi connectivity index (χ0v) is 15.0. The van der Waals surface area contributed by atoms with Crippen LogP contribution in [-0.2, 0) is 11.3 Å². The molecule has 0 fully saturated rings. The van der Waals surface area contributed by atoms with Crippen LogP contribution in [0.5, 0.6) is 11.5 Å². The van der Waals surface area contributed by atoms with E-state index in [4.69, 9.17) is 9.47 Å². The fourth-order valence-corrected chi connectivity index (χ4v) is 3.09. The molecule has 6 nitrogen and oxygen atoms in total. The van der Waals surface area contributed by atoms with Crippen molar-refractivity contribution in [1.82, 2.24) is 10.6 Å². The van der Waals surface area contributed by atoms with Crippen LogP contribution in [-0.4, -0.2) is 30.9 Å². The SMILES string of the molecule is O=C(CSc1ccc2c(c1)OCCCO2)NC(=O)NCc1ccccc1. The molecule has 1 aliphatic heterocycles. The molecule has 7 heteroatoms. The minimum absolute atomic E-state index is 0.137. The van der Waals surface area contributed by atoms with Crippen LogP contribution in [0.25, 0.3) is 0 Å². The summed E-state index contributed by atoms with van der Waals surface area (Å²) in [7, 11) is 0. The lowest BCUT2D eigenvalue weighted by Crippen LogP contribution is -2.39. The number of urea groups is 1. The highest BCUT2D eigenvalue weighted by molar-refractivity contribution is 8.00. The highest BCUT2D eigenvalue weighted by atomic mass is 32.2. The summed E-state index contributed by atoms with van der Waals surface area (Å²) in [6.07, 6.45) is 0.845. The first kappa shape index (κ1) is 18.1. The number of imide groups is 1. The van der Waals surface area contributed by atoms with Crippen molar-refractivity contribution in [3.05, 3.63) is 54.1 Å². The van der Waals surface area contributed by atoms with Gasteiger partial charge < -0.3 is 14.8 Å². The van der Waals surface area contributed by atoms with Gasteiger partial charge in [0.15, 0.2) is 11.5 Å². The normalized spacial score (nSPS) is 12.8. The maximum atomic E-state index is 11.9. The second-order valence-corrected chi connectivity index (χ2v) is 6.71. The molecule has 1 aliphatic rings. The number of carbonyl (C=O) groups excluding carboxylic acids is 2. The highest BCUT2D eigenvalue weighted by Gasteiger charge is 2.12. The van der Waals surface area contributed by atoms with Gasteiger partial charge in [-0.1, -0.05) is 30.3 Å². The molecular formula is C19H20N2O4S. The van der Waals surface area contributed by atoms with E-state index < -0.39 is 6.03 Å². The number of hydrogen-bond acceptors (Lipinski definition) is 5. The van der Waals surface area contributed by atoms with Crippen molar-refractivity contribution in [2.75, 3.05) is 19.0 Å². The van der Waals surface area contributed by atoms with Crippen molar-refractivity contribution in [3.63, 3.8) is 0 Å². The van der Waals surface area contributed by atoms with E-state index in [2.05, 4.69) is 10.6 Å². The third kappa shape index (κ3) is 5.42. The van der Waals surface area contributed by atoms with E-state index in [-0.39, 0.29) is 11.7 Å². The average molecular weight is 372 g/mol. The largest absolute Gasteiger partial charge is 0.490 e. The van der Waals surface area contributed by atoms with Crippen molar-refractivity contribution >= 4 is 23.7 Å². The maximum absolute atomic E-state index is 11.9. The molecule has 3 rings (SSSR count). The number of thioether (sulfide) groups is 1. The van der Waals surface area contributed by atoms with Crippen LogP contribution in [0.3, 0.4) is 0 Å². The minimum Gasteiger partial charge on any atom is -0.490 e. The molecule has 136 valence electrons. The minimum atomic E-state index is -0.502. The molecule has 0 bridgehead atoms. The van der Waals surface area contributed by atoms with Gasteiger partial charge in [-0.15, -0.1) is 11.8 Å². The topological polar surface area (TPSA) is 76.7 Å². The number of benzene rings is 2.